The summed E-state index contributed by atoms with van der Waals surface area (Å²) in [5.74, 6) is -0.316. The van der Waals surface area contributed by atoms with Crippen molar-refractivity contribution in [1.82, 2.24) is 5.32 Å². The Balaban J connectivity index is 1.38. The van der Waals surface area contributed by atoms with Gasteiger partial charge >= 0.3 is 0 Å². The van der Waals surface area contributed by atoms with E-state index in [1.54, 1.807) is 24.3 Å². The molecule has 7 nitrogen and oxygen atoms in total. The zero-order chi connectivity index (χ0) is 21.6. The number of hydrogen-bond acceptors (Lipinski definition) is 4. The zero-order valence-corrected chi connectivity index (χ0v) is 17.7. The van der Waals surface area contributed by atoms with Crippen LogP contribution in [-0.2, 0) is 4.74 Å². The molecule has 1 saturated heterocycles. The number of fused-ring (bicyclic) bond motifs is 1. The van der Waals surface area contributed by atoms with Gasteiger partial charge in [0.05, 0.1) is 31.0 Å². The highest BCUT2D eigenvalue weighted by Gasteiger charge is 2.20. The van der Waals surface area contributed by atoms with Crippen molar-refractivity contribution >= 4 is 28.5 Å². The molecule has 1 aliphatic rings. The van der Waals surface area contributed by atoms with Crippen LogP contribution in [0.3, 0.4) is 0 Å². The van der Waals surface area contributed by atoms with E-state index in [9.17, 15) is 9.59 Å². The fourth-order valence-corrected chi connectivity index (χ4v) is 3.91. The number of quaternary nitrogens is 1. The van der Waals surface area contributed by atoms with Crippen molar-refractivity contribution in [3.63, 3.8) is 0 Å². The van der Waals surface area contributed by atoms with Crippen molar-refractivity contribution in [2.45, 2.75) is 13.3 Å². The quantitative estimate of drug-likeness (QED) is 0.509. The lowest BCUT2D eigenvalue weighted by atomic mass is 10.1. The maximum atomic E-state index is 12.9. The number of furan rings is 1. The SMILES string of the molecule is Cc1c(C(=O)Nc2ccccc2C(=O)NCCC[NH+]2CCOCC2)oc2ccccc12. The first-order chi connectivity index (χ1) is 15.1. The standard InChI is InChI=1S/C24H27N3O4/c1-17-18-7-3-5-10-21(18)31-22(17)24(29)26-20-9-4-2-8-19(20)23(28)25-11-6-12-27-13-15-30-16-14-27/h2-5,7-10H,6,11-16H2,1H3,(H,25,28)(H,26,29)/p+1. The van der Waals surface area contributed by atoms with Crippen molar-refractivity contribution in [2.75, 3.05) is 44.7 Å². The third-order valence-corrected chi connectivity index (χ3v) is 5.66. The fraction of sp³-hybridized carbons (Fsp3) is 0.333. The molecular weight excluding hydrogens is 394 g/mol. The summed E-state index contributed by atoms with van der Waals surface area (Å²) in [6.07, 6.45) is 0.897. The molecule has 0 atom stereocenters. The summed E-state index contributed by atoms with van der Waals surface area (Å²) >= 11 is 0. The number of anilines is 1. The van der Waals surface area contributed by atoms with Crippen LogP contribution in [-0.4, -0.2) is 51.2 Å². The lowest BCUT2D eigenvalue weighted by Crippen LogP contribution is -3.14. The summed E-state index contributed by atoms with van der Waals surface area (Å²) in [5, 5.41) is 6.71. The van der Waals surface area contributed by atoms with Gasteiger partial charge in [-0.15, -0.1) is 0 Å². The molecule has 0 saturated carbocycles. The molecule has 7 heteroatoms. The molecule has 3 aromatic rings. The van der Waals surface area contributed by atoms with E-state index in [-0.39, 0.29) is 17.6 Å². The van der Waals surface area contributed by atoms with Gasteiger partial charge in [-0.3, -0.25) is 9.59 Å². The molecule has 1 aromatic heterocycles. The minimum atomic E-state index is -0.370. The maximum Gasteiger partial charge on any atom is 0.291 e. The van der Waals surface area contributed by atoms with Crippen LogP contribution in [0.5, 0.6) is 0 Å². The number of para-hydroxylation sites is 2. The topological polar surface area (TPSA) is 85.0 Å². The van der Waals surface area contributed by atoms with Gasteiger partial charge in [0, 0.05) is 23.9 Å². The van der Waals surface area contributed by atoms with Crippen molar-refractivity contribution < 1.29 is 23.6 Å². The number of ether oxygens (including phenoxy) is 1. The van der Waals surface area contributed by atoms with E-state index in [0.717, 1.165) is 50.2 Å². The molecule has 2 amide bonds. The molecule has 0 bridgehead atoms. The Kier molecular flexibility index (Phi) is 6.64. The minimum Gasteiger partial charge on any atom is -0.451 e. The molecule has 1 fully saturated rings. The monoisotopic (exact) mass is 422 g/mol. The van der Waals surface area contributed by atoms with E-state index in [4.69, 9.17) is 9.15 Å². The summed E-state index contributed by atoms with van der Waals surface area (Å²) in [4.78, 5) is 27.1. The van der Waals surface area contributed by atoms with E-state index in [1.165, 1.54) is 4.90 Å². The summed E-state index contributed by atoms with van der Waals surface area (Å²) in [7, 11) is 0. The molecule has 0 unspecified atom stereocenters. The summed E-state index contributed by atoms with van der Waals surface area (Å²) in [5.41, 5.74) is 2.34. The van der Waals surface area contributed by atoms with E-state index in [1.807, 2.05) is 31.2 Å². The maximum absolute atomic E-state index is 12.9. The molecule has 162 valence electrons. The molecule has 3 N–H and O–H groups in total. The molecule has 0 spiro atoms. The van der Waals surface area contributed by atoms with Gasteiger partial charge in [0.25, 0.3) is 11.8 Å². The lowest BCUT2D eigenvalue weighted by molar-refractivity contribution is -0.908. The number of carbonyl (C=O) groups excluding carboxylic acids is 2. The van der Waals surface area contributed by atoms with Gasteiger partial charge in [0.15, 0.2) is 5.76 Å². The summed E-state index contributed by atoms with van der Waals surface area (Å²) in [6, 6.07) is 14.5. The Morgan fingerprint density at radius 3 is 2.55 bits per heavy atom. The second-order valence-corrected chi connectivity index (χ2v) is 7.77. The predicted molar refractivity (Wildman–Crippen MR) is 119 cm³/mol. The largest absolute Gasteiger partial charge is 0.451 e. The van der Waals surface area contributed by atoms with Crippen LogP contribution in [0.15, 0.2) is 52.9 Å². The van der Waals surface area contributed by atoms with Crippen LogP contribution >= 0.6 is 0 Å². The first-order valence-corrected chi connectivity index (χ1v) is 10.7. The van der Waals surface area contributed by atoms with Gasteiger partial charge in [-0.2, -0.15) is 0 Å². The minimum absolute atomic E-state index is 0.200. The smallest absolute Gasteiger partial charge is 0.291 e. The normalized spacial score (nSPS) is 14.5. The number of benzene rings is 2. The molecule has 0 aliphatic carbocycles. The molecule has 31 heavy (non-hydrogen) atoms. The Bertz CT molecular complexity index is 1070. The van der Waals surface area contributed by atoms with Gasteiger partial charge in [-0.1, -0.05) is 30.3 Å². The van der Waals surface area contributed by atoms with E-state index >= 15 is 0 Å². The second kappa shape index (κ2) is 9.76. The van der Waals surface area contributed by atoms with Crippen LogP contribution in [0.1, 0.15) is 32.9 Å². The Labute approximate surface area is 181 Å². The van der Waals surface area contributed by atoms with E-state index in [0.29, 0.717) is 23.4 Å². The Morgan fingerprint density at radius 2 is 1.74 bits per heavy atom. The zero-order valence-electron chi connectivity index (χ0n) is 17.7. The molecular formula is C24H28N3O4+. The van der Waals surface area contributed by atoms with Gasteiger partial charge in [0.1, 0.15) is 18.7 Å². The summed E-state index contributed by atoms with van der Waals surface area (Å²) in [6.45, 7) is 7.10. The number of nitrogens with one attached hydrogen (secondary N) is 3. The van der Waals surface area contributed by atoms with Gasteiger partial charge in [0.2, 0.25) is 0 Å². The summed E-state index contributed by atoms with van der Waals surface area (Å²) < 4.78 is 11.1. The molecule has 4 rings (SSSR count). The number of hydrogen-bond donors (Lipinski definition) is 3. The number of amides is 2. The first kappa shape index (κ1) is 21.1. The number of rotatable bonds is 7. The number of carbonyl (C=O) groups is 2. The van der Waals surface area contributed by atoms with E-state index < -0.39 is 0 Å². The van der Waals surface area contributed by atoms with Crippen LogP contribution in [0, 0.1) is 6.92 Å². The van der Waals surface area contributed by atoms with Crippen molar-refractivity contribution in [2.24, 2.45) is 0 Å². The highest BCUT2D eigenvalue weighted by molar-refractivity contribution is 6.10. The highest BCUT2D eigenvalue weighted by Crippen LogP contribution is 2.26. The number of morpholine rings is 1. The third kappa shape index (κ3) is 4.95. The predicted octanol–water partition coefficient (Wildman–Crippen LogP) is 2.03. The lowest BCUT2D eigenvalue weighted by Gasteiger charge is -2.23. The van der Waals surface area contributed by atoms with Gasteiger partial charge in [-0.25, -0.2) is 0 Å². The molecule has 2 aromatic carbocycles. The van der Waals surface area contributed by atoms with Gasteiger partial charge < -0.3 is 24.7 Å². The fourth-order valence-electron chi connectivity index (χ4n) is 3.91. The molecule has 0 radical (unpaired) electrons. The van der Waals surface area contributed by atoms with Crippen molar-refractivity contribution in [3.8, 4) is 0 Å². The van der Waals surface area contributed by atoms with Crippen molar-refractivity contribution in [3.05, 3.63) is 65.4 Å². The average Bonchev–Trinajstić information content (AvgIpc) is 3.14. The van der Waals surface area contributed by atoms with Crippen LogP contribution in [0.4, 0.5) is 5.69 Å². The number of aryl methyl sites for hydroxylation is 1. The molecule has 1 aliphatic heterocycles. The third-order valence-electron chi connectivity index (χ3n) is 5.66. The Morgan fingerprint density at radius 1 is 1.00 bits per heavy atom. The van der Waals surface area contributed by atoms with Crippen molar-refractivity contribution in [1.29, 1.82) is 0 Å². The Hall–Kier alpha value is -3.16. The first-order valence-electron chi connectivity index (χ1n) is 10.7. The van der Waals surface area contributed by atoms with Crippen LogP contribution in [0.25, 0.3) is 11.0 Å². The molecule has 2 heterocycles. The van der Waals surface area contributed by atoms with E-state index in [2.05, 4.69) is 10.6 Å². The average molecular weight is 423 g/mol. The van der Waals surface area contributed by atoms with Gasteiger partial charge in [-0.05, 0) is 25.1 Å². The second-order valence-electron chi connectivity index (χ2n) is 7.77. The van der Waals surface area contributed by atoms with Crippen LogP contribution in [0.2, 0.25) is 0 Å². The van der Waals surface area contributed by atoms with Crippen LogP contribution < -0.4 is 15.5 Å². The highest BCUT2D eigenvalue weighted by atomic mass is 16.5.